The van der Waals surface area contributed by atoms with E-state index in [9.17, 15) is 4.79 Å². The van der Waals surface area contributed by atoms with Crippen LogP contribution in [0.5, 0.6) is 0 Å². The Morgan fingerprint density at radius 1 is 1.24 bits per heavy atom. The number of nitrogens with one attached hydrogen (secondary N) is 1. The molecule has 1 aliphatic heterocycles. The van der Waals surface area contributed by atoms with Crippen LogP contribution in [0.3, 0.4) is 0 Å². The van der Waals surface area contributed by atoms with Crippen molar-refractivity contribution in [1.82, 2.24) is 10.2 Å². The van der Waals surface area contributed by atoms with Gasteiger partial charge in [0.1, 0.15) is 0 Å². The number of halogens is 2. The lowest BCUT2D eigenvalue weighted by atomic mass is 9.98. The number of piperidine rings is 1. The number of hydrogen-bond donors (Lipinski definition) is 1. The molecule has 114 valence electrons. The predicted octanol–water partition coefficient (Wildman–Crippen LogP) is 3.60. The van der Waals surface area contributed by atoms with Crippen LogP contribution in [0.4, 0.5) is 0 Å². The molecule has 2 fully saturated rings. The maximum absolute atomic E-state index is 12.9. The van der Waals surface area contributed by atoms with E-state index in [-0.39, 0.29) is 5.91 Å². The topological polar surface area (TPSA) is 32.3 Å². The Hall–Kier alpha value is -0.770. The van der Waals surface area contributed by atoms with Gasteiger partial charge in [0.15, 0.2) is 0 Å². The standard InChI is InChI=1S/C16H20Cl2N2O/c17-13-4-1-5-14(18)15(13)16(21)20(12-6-7-12)10-11-3-2-8-19-9-11/h1,4-5,11-12,19H,2-3,6-10H2. The smallest absolute Gasteiger partial charge is 0.257 e. The molecule has 0 aromatic heterocycles. The fourth-order valence-electron chi connectivity index (χ4n) is 2.99. The average molecular weight is 327 g/mol. The Balaban J connectivity index is 1.78. The zero-order chi connectivity index (χ0) is 14.8. The van der Waals surface area contributed by atoms with Crippen molar-refractivity contribution in [2.45, 2.75) is 31.7 Å². The molecule has 1 aromatic rings. The third-order valence-electron chi connectivity index (χ3n) is 4.28. The quantitative estimate of drug-likeness (QED) is 0.916. The van der Waals surface area contributed by atoms with Gasteiger partial charge < -0.3 is 10.2 Å². The maximum atomic E-state index is 12.9. The number of carbonyl (C=O) groups excluding carboxylic acids is 1. The number of nitrogens with zero attached hydrogens (tertiary/aromatic N) is 1. The van der Waals surface area contributed by atoms with Crippen molar-refractivity contribution >= 4 is 29.1 Å². The molecule has 1 aromatic carbocycles. The van der Waals surface area contributed by atoms with Crippen LogP contribution in [0.1, 0.15) is 36.0 Å². The molecule has 1 aliphatic carbocycles. The lowest BCUT2D eigenvalue weighted by Crippen LogP contribution is -2.42. The molecule has 1 unspecified atom stereocenters. The van der Waals surface area contributed by atoms with Crippen LogP contribution in [0.2, 0.25) is 10.0 Å². The Labute approximate surface area is 135 Å². The van der Waals surface area contributed by atoms with Crippen LogP contribution in [0.15, 0.2) is 18.2 Å². The molecule has 1 atom stereocenters. The van der Waals surface area contributed by atoms with E-state index in [4.69, 9.17) is 23.2 Å². The van der Waals surface area contributed by atoms with Crippen LogP contribution in [-0.4, -0.2) is 36.5 Å². The van der Waals surface area contributed by atoms with E-state index in [0.29, 0.717) is 27.6 Å². The molecule has 1 heterocycles. The number of rotatable bonds is 4. The lowest BCUT2D eigenvalue weighted by molar-refractivity contribution is 0.0704. The van der Waals surface area contributed by atoms with Crippen molar-refractivity contribution in [2.75, 3.05) is 19.6 Å². The highest BCUT2D eigenvalue weighted by atomic mass is 35.5. The fraction of sp³-hybridized carbons (Fsp3) is 0.562. The first-order valence-corrected chi connectivity index (χ1v) is 8.38. The van der Waals surface area contributed by atoms with Crippen molar-refractivity contribution < 1.29 is 4.79 Å². The van der Waals surface area contributed by atoms with Gasteiger partial charge in [0.2, 0.25) is 0 Å². The molecule has 1 amide bonds. The Morgan fingerprint density at radius 3 is 2.52 bits per heavy atom. The minimum absolute atomic E-state index is 0.0151. The molecule has 2 aliphatic rings. The van der Waals surface area contributed by atoms with Gasteiger partial charge in [0, 0.05) is 12.6 Å². The van der Waals surface area contributed by atoms with Crippen LogP contribution < -0.4 is 5.32 Å². The predicted molar refractivity (Wildman–Crippen MR) is 86.1 cm³/mol. The zero-order valence-corrected chi connectivity index (χ0v) is 13.5. The number of benzene rings is 1. The van der Waals surface area contributed by atoms with Crippen LogP contribution in [-0.2, 0) is 0 Å². The highest BCUT2D eigenvalue weighted by Gasteiger charge is 2.36. The first-order chi connectivity index (χ1) is 10.2. The number of carbonyl (C=O) groups is 1. The van der Waals surface area contributed by atoms with Gasteiger partial charge in [0.25, 0.3) is 5.91 Å². The second-order valence-corrected chi connectivity index (χ2v) is 6.81. The van der Waals surface area contributed by atoms with E-state index >= 15 is 0 Å². The Kier molecular flexibility index (Phi) is 4.72. The SMILES string of the molecule is O=C(c1c(Cl)cccc1Cl)N(CC1CCCNC1)C1CC1. The van der Waals surface area contributed by atoms with Gasteiger partial charge >= 0.3 is 0 Å². The molecular weight excluding hydrogens is 307 g/mol. The van der Waals surface area contributed by atoms with Crippen molar-refractivity contribution in [3.05, 3.63) is 33.8 Å². The first kappa shape index (κ1) is 15.1. The molecule has 1 saturated carbocycles. The summed E-state index contributed by atoms with van der Waals surface area (Å²) in [6.45, 7) is 2.88. The summed E-state index contributed by atoms with van der Waals surface area (Å²) in [7, 11) is 0. The highest BCUT2D eigenvalue weighted by Crippen LogP contribution is 2.33. The average Bonchev–Trinajstić information content (AvgIpc) is 3.30. The van der Waals surface area contributed by atoms with E-state index in [2.05, 4.69) is 5.32 Å². The summed E-state index contributed by atoms with van der Waals surface area (Å²) in [5.41, 5.74) is 0.455. The molecule has 1 saturated heterocycles. The van der Waals surface area contributed by atoms with E-state index in [1.165, 1.54) is 12.8 Å². The maximum Gasteiger partial charge on any atom is 0.257 e. The molecule has 3 rings (SSSR count). The molecule has 0 spiro atoms. The van der Waals surface area contributed by atoms with Gasteiger partial charge in [-0.2, -0.15) is 0 Å². The van der Waals surface area contributed by atoms with E-state index in [1.807, 2.05) is 4.90 Å². The molecule has 1 N–H and O–H groups in total. The summed E-state index contributed by atoms with van der Waals surface area (Å²) in [5.74, 6) is 0.517. The first-order valence-electron chi connectivity index (χ1n) is 7.62. The largest absolute Gasteiger partial charge is 0.335 e. The van der Waals surface area contributed by atoms with E-state index in [1.54, 1.807) is 18.2 Å². The second kappa shape index (κ2) is 6.55. The third kappa shape index (κ3) is 3.53. The van der Waals surface area contributed by atoms with Crippen LogP contribution in [0, 0.1) is 5.92 Å². The van der Waals surface area contributed by atoms with Crippen molar-refractivity contribution in [3.63, 3.8) is 0 Å². The minimum Gasteiger partial charge on any atom is -0.335 e. The molecule has 0 radical (unpaired) electrons. The van der Waals surface area contributed by atoms with Crippen LogP contribution >= 0.6 is 23.2 Å². The fourth-order valence-corrected chi connectivity index (χ4v) is 3.55. The molecule has 21 heavy (non-hydrogen) atoms. The number of amides is 1. The summed E-state index contributed by atoms with van der Waals surface area (Å²) >= 11 is 12.4. The normalized spacial score (nSPS) is 22.1. The Morgan fingerprint density at radius 2 is 1.95 bits per heavy atom. The highest BCUT2D eigenvalue weighted by molar-refractivity contribution is 6.39. The number of hydrogen-bond acceptors (Lipinski definition) is 2. The van der Waals surface area contributed by atoms with E-state index < -0.39 is 0 Å². The zero-order valence-electron chi connectivity index (χ0n) is 11.9. The van der Waals surface area contributed by atoms with Gasteiger partial charge in [-0.15, -0.1) is 0 Å². The summed E-state index contributed by atoms with van der Waals surface area (Å²) in [6.07, 6.45) is 4.55. The third-order valence-corrected chi connectivity index (χ3v) is 4.91. The summed E-state index contributed by atoms with van der Waals surface area (Å²) < 4.78 is 0. The van der Waals surface area contributed by atoms with Gasteiger partial charge in [-0.05, 0) is 56.8 Å². The molecule has 5 heteroatoms. The van der Waals surface area contributed by atoms with Crippen LogP contribution in [0.25, 0.3) is 0 Å². The van der Waals surface area contributed by atoms with Gasteiger partial charge in [-0.1, -0.05) is 29.3 Å². The summed E-state index contributed by atoms with van der Waals surface area (Å²) in [4.78, 5) is 14.9. The monoisotopic (exact) mass is 326 g/mol. The summed E-state index contributed by atoms with van der Waals surface area (Å²) in [6, 6.07) is 5.60. The van der Waals surface area contributed by atoms with Gasteiger partial charge in [-0.3, -0.25) is 4.79 Å². The van der Waals surface area contributed by atoms with Crippen molar-refractivity contribution in [1.29, 1.82) is 0 Å². The second-order valence-electron chi connectivity index (χ2n) is 6.00. The lowest BCUT2D eigenvalue weighted by Gasteiger charge is -2.30. The Bertz CT molecular complexity index is 505. The van der Waals surface area contributed by atoms with Crippen molar-refractivity contribution in [3.8, 4) is 0 Å². The van der Waals surface area contributed by atoms with E-state index in [0.717, 1.165) is 32.5 Å². The molecule has 0 bridgehead atoms. The minimum atomic E-state index is -0.0151. The molecule has 3 nitrogen and oxygen atoms in total. The van der Waals surface area contributed by atoms with Crippen molar-refractivity contribution in [2.24, 2.45) is 5.92 Å². The van der Waals surface area contributed by atoms with Gasteiger partial charge in [0.05, 0.1) is 15.6 Å². The molecular formula is C16H20Cl2N2O. The van der Waals surface area contributed by atoms with Gasteiger partial charge in [-0.25, -0.2) is 0 Å². The summed E-state index contributed by atoms with van der Waals surface area (Å²) in [5, 5.41) is 4.30.